The van der Waals surface area contributed by atoms with E-state index in [2.05, 4.69) is 15.7 Å². The maximum atomic E-state index is 13.4. The van der Waals surface area contributed by atoms with Crippen LogP contribution in [0.1, 0.15) is 18.0 Å². The zero-order valence-electron chi connectivity index (χ0n) is 14.9. The van der Waals surface area contributed by atoms with Crippen LogP contribution in [0.3, 0.4) is 0 Å². The van der Waals surface area contributed by atoms with Crippen molar-refractivity contribution >= 4 is 34.9 Å². The summed E-state index contributed by atoms with van der Waals surface area (Å²) in [7, 11) is 0. The molecule has 1 atom stereocenters. The van der Waals surface area contributed by atoms with Gasteiger partial charge in [-0.15, -0.1) is 0 Å². The monoisotopic (exact) mass is 398 g/mol. The van der Waals surface area contributed by atoms with Gasteiger partial charge in [-0.3, -0.25) is 9.59 Å². The fourth-order valence-electron chi connectivity index (χ4n) is 3.22. The summed E-state index contributed by atoms with van der Waals surface area (Å²) in [5.74, 6) is -0.704. The second-order valence-corrected chi connectivity index (χ2v) is 6.98. The lowest BCUT2D eigenvalue weighted by Gasteiger charge is -2.24. The Morgan fingerprint density at radius 2 is 2.04 bits per heavy atom. The minimum Gasteiger partial charge on any atom is -0.324 e. The van der Waals surface area contributed by atoms with Gasteiger partial charge in [-0.05, 0) is 37.3 Å². The van der Waals surface area contributed by atoms with Crippen LogP contribution < -0.4 is 10.6 Å². The molecule has 142 valence electrons. The highest BCUT2D eigenvalue weighted by Gasteiger charge is 2.34. The van der Waals surface area contributed by atoms with E-state index in [9.17, 15) is 14.0 Å². The maximum Gasteiger partial charge on any atom is 0.249 e. The Bertz CT molecular complexity index is 1080. The van der Waals surface area contributed by atoms with Crippen LogP contribution in [-0.4, -0.2) is 21.6 Å². The number of benzene rings is 2. The number of fused-ring (bicyclic) bond motifs is 1. The first-order valence-electron chi connectivity index (χ1n) is 8.63. The Kier molecular flexibility index (Phi) is 4.60. The standard InChI is InChI=1S/C20H16ClFN4O2/c1-11-18(12-5-7-13(21)8-6-12)25-26-16(10-17(27)24-19(11)26)20(28)23-15-4-2-3-14(22)9-15/h2-9,16H,10H2,1H3,(H,23,28)(H,24,27). The number of rotatable bonds is 3. The lowest BCUT2D eigenvalue weighted by Crippen LogP contribution is -2.35. The first-order chi connectivity index (χ1) is 13.4. The summed E-state index contributed by atoms with van der Waals surface area (Å²) in [6.45, 7) is 1.83. The summed E-state index contributed by atoms with van der Waals surface area (Å²) in [6, 6.07) is 11.9. The van der Waals surface area contributed by atoms with Gasteiger partial charge in [-0.1, -0.05) is 29.8 Å². The Labute approximate surface area is 165 Å². The first kappa shape index (κ1) is 18.2. The Morgan fingerprint density at radius 1 is 1.29 bits per heavy atom. The van der Waals surface area contributed by atoms with E-state index in [-0.39, 0.29) is 12.3 Å². The van der Waals surface area contributed by atoms with Crippen molar-refractivity contribution in [1.82, 2.24) is 9.78 Å². The summed E-state index contributed by atoms with van der Waals surface area (Å²) in [4.78, 5) is 25.0. The maximum absolute atomic E-state index is 13.4. The van der Waals surface area contributed by atoms with Gasteiger partial charge in [0, 0.05) is 21.8 Å². The van der Waals surface area contributed by atoms with Crippen LogP contribution in [0.4, 0.5) is 15.9 Å². The molecule has 0 spiro atoms. The SMILES string of the molecule is Cc1c(-c2ccc(Cl)cc2)nn2c1NC(=O)CC2C(=O)Nc1cccc(F)c1. The number of carbonyl (C=O) groups excluding carboxylic acids is 2. The highest BCUT2D eigenvalue weighted by Crippen LogP contribution is 2.34. The number of hydrogen-bond donors (Lipinski definition) is 2. The topological polar surface area (TPSA) is 76.0 Å². The predicted octanol–water partition coefficient (Wildman–Crippen LogP) is 4.17. The van der Waals surface area contributed by atoms with Crippen molar-refractivity contribution in [3.63, 3.8) is 0 Å². The van der Waals surface area contributed by atoms with Gasteiger partial charge in [0.2, 0.25) is 11.8 Å². The van der Waals surface area contributed by atoms with Crippen LogP contribution in [0.5, 0.6) is 0 Å². The number of nitrogens with zero attached hydrogens (tertiary/aromatic N) is 2. The van der Waals surface area contributed by atoms with E-state index < -0.39 is 17.8 Å². The van der Waals surface area contributed by atoms with Crippen LogP contribution >= 0.6 is 11.6 Å². The third-order valence-electron chi connectivity index (χ3n) is 4.59. The number of halogens is 2. The van der Waals surface area contributed by atoms with Gasteiger partial charge in [0.1, 0.15) is 17.7 Å². The minimum absolute atomic E-state index is 0.0602. The summed E-state index contributed by atoms with van der Waals surface area (Å²) in [5.41, 5.74) is 2.54. The van der Waals surface area contributed by atoms with Crippen LogP contribution in [0.15, 0.2) is 48.5 Å². The zero-order chi connectivity index (χ0) is 19.8. The molecule has 0 radical (unpaired) electrons. The quantitative estimate of drug-likeness (QED) is 0.695. The lowest BCUT2D eigenvalue weighted by molar-refractivity contribution is -0.125. The van der Waals surface area contributed by atoms with E-state index in [0.29, 0.717) is 22.2 Å². The molecule has 0 saturated heterocycles. The summed E-state index contributed by atoms with van der Waals surface area (Å²) in [6.07, 6.45) is -0.0602. The third kappa shape index (κ3) is 3.36. The van der Waals surface area contributed by atoms with Gasteiger partial charge in [0.25, 0.3) is 0 Å². The molecule has 8 heteroatoms. The minimum atomic E-state index is -0.841. The molecule has 0 fully saturated rings. The number of aromatic nitrogens is 2. The fourth-order valence-corrected chi connectivity index (χ4v) is 3.34. The molecule has 0 bridgehead atoms. The van der Waals surface area contributed by atoms with Crippen molar-refractivity contribution in [3.05, 3.63) is 64.9 Å². The molecule has 1 aliphatic rings. The van der Waals surface area contributed by atoms with Crippen LogP contribution in [0.25, 0.3) is 11.3 Å². The molecule has 28 heavy (non-hydrogen) atoms. The van der Waals surface area contributed by atoms with Crippen LogP contribution in [0, 0.1) is 12.7 Å². The van der Waals surface area contributed by atoms with E-state index in [1.807, 2.05) is 19.1 Å². The number of anilines is 2. The molecule has 4 rings (SSSR count). The summed E-state index contributed by atoms with van der Waals surface area (Å²) in [5, 5.41) is 10.6. The van der Waals surface area contributed by atoms with Crippen molar-refractivity contribution in [2.24, 2.45) is 0 Å². The number of nitrogens with one attached hydrogen (secondary N) is 2. The fraction of sp³-hybridized carbons (Fsp3) is 0.150. The van der Waals surface area contributed by atoms with Crippen molar-refractivity contribution in [1.29, 1.82) is 0 Å². The van der Waals surface area contributed by atoms with Gasteiger partial charge < -0.3 is 10.6 Å². The zero-order valence-corrected chi connectivity index (χ0v) is 15.6. The molecule has 1 aromatic heterocycles. The van der Waals surface area contributed by atoms with Crippen molar-refractivity contribution in [3.8, 4) is 11.3 Å². The third-order valence-corrected chi connectivity index (χ3v) is 4.84. The van der Waals surface area contributed by atoms with Gasteiger partial charge in [0.15, 0.2) is 0 Å². The summed E-state index contributed by atoms with van der Waals surface area (Å²) < 4.78 is 14.9. The number of carbonyl (C=O) groups is 2. The van der Waals surface area contributed by atoms with E-state index in [1.54, 1.807) is 18.2 Å². The smallest absolute Gasteiger partial charge is 0.249 e. The van der Waals surface area contributed by atoms with Crippen LogP contribution in [0.2, 0.25) is 5.02 Å². The highest BCUT2D eigenvalue weighted by atomic mass is 35.5. The number of amides is 2. The molecule has 0 saturated carbocycles. The largest absolute Gasteiger partial charge is 0.324 e. The lowest BCUT2D eigenvalue weighted by atomic mass is 10.1. The molecule has 1 unspecified atom stereocenters. The second kappa shape index (κ2) is 7.09. The summed E-state index contributed by atoms with van der Waals surface area (Å²) >= 11 is 5.95. The second-order valence-electron chi connectivity index (χ2n) is 6.54. The molecule has 1 aliphatic heterocycles. The Morgan fingerprint density at radius 3 is 2.75 bits per heavy atom. The average Bonchev–Trinajstić information content (AvgIpc) is 2.98. The molecule has 3 aromatic rings. The molecule has 2 amide bonds. The molecule has 6 nitrogen and oxygen atoms in total. The van der Waals surface area contributed by atoms with Crippen molar-refractivity contribution in [2.75, 3.05) is 10.6 Å². The normalized spacial score (nSPS) is 15.7. The molecule has 2 heterocycles. The van der Waals surface area contributed by atoms with Gasteiger partial charge in [-0.25, -0.2) is 9.07 Å². The van der Waals surface area contributed by atoms with Crippen molar-refractivity contribution in [2.45, 2.75) is 19.4 Å². The Balaban J connectivity index is 1.70. The Hall–Kier alpha value is -3.19. The van der Waals surface area contributed by atoms with Gasteiger partial charge >= 0.3 is 0 Å². The van der Waals surface area contributed by atoms with Gasteiger partial charge in [0.05, 0.1) is 12.1 Å². The molecule has 2 N–H and O–H groups in total. The predicted molar refractivity (Wildman–Crippen MR) is 105 cm³/mol. The van der Waals surface area contributed by atoms with E-state index in [1.165, 1.54) is 22.9 Å². The molecular weight excluding hydrogens is 383 g/mol. The van der Waals surface area contributed by atoms with Gasteiger partial charge in [-0.2, -0.15) is 5.10 Å². The van der Waals surface area contributed by atoms with E-state index in [0.717, 1.165) is 11.1 Å². The van der Waals surface area contributed by atoms with E-state index >= 15 is 0 Å². The van der Waals surface area contributed by atoms with Crippen LogP contribution in [-0.2, 0) is 9.59 Å². The van der Waals surface area contributed by atoms with Crippen molar-refractivity contribution < 1.29 is 14.0 Å². The number of hydrogen-bond acceptors (Lipinski definition) is 3. The molecular formula is C20H16ClFN4O2. The molecule has 2 aromatic carbocycles. The highest BCUT2D eigenvalue weighted by molar-refractivity contribution is 6.30. The first-order valence-corrected chi connectivity index (χ1v) is 9.01. The molecule has 0 aliphatic carbocycles. The van der Waals surface area contributed by atoms with E-state index in [4.69, 9.17) is 11.6 Å². The average molecular weight is 399 g/mol.